The van der Waals surface area contributed by atoms with Gasteiger partial charge in [0.2, 0.25) is 0 Å². The highest BCUT2D eigenvalue weighted by atomic mass is 15.2. The standard InChI is InChI=1S/C13H19N5/c1-17(9-11-4-3-5-15-7-11)12(6-14)13-8-16-10-18(13)2/h3-5,7-8,10,12H,6,9,14H2,1-2H3. The summed E-state index contributed by atoms with van der Waals surface area (Å²) in [5.74, 6) is 0. The third kappa shape index (κ3) is 2.75. The van der Waals surface area contributed by atoms with Crippen LogP contribution in [0.25, 0.3) is 0 Å². The van der Waals surface area contributed by atoms with Crippen molar-refractivity contribution in [1.82, 2.24) is 19.4 Å². The van der Waals surface area contributed by atoms with Crippen molar-refractivity contribution in [3.63, 3.8) is 0 Å². The van der Waals surface area contributed by atoms with Crippen LogP contribution in [0.1, 0.15) is 17.3 Å². The molecule has 5 heteroatoms. The molecule has 96 valence electrons. The Labute approximate surface area is 107 Å². The zero-order valence-corrected chi connectivity index (χ0v) is 10.8. The maximum atomic E-state index is 5.89. The first kappa shape index (κ1) is 12.7. The molecule has 0 aliphatic carbocycles. The van der Waals surface area contributed by atoms with Crippen LogP contribution in [0.5, 0.6) is 0 Å². The van der Waals surface area contributed by atoms with E-state index >= 15 is 0 Å². The van der Waals surface area contributed by atoms with Crippen LogP contribution < -0.4 is 5.73 Å². The van der Waals surface area contributed by atoms with E-state index in [1.54, 1.807) is 12.5 Å². The molecule has 0 aliphatic heterocycles. The van der Waals surface area contributed by atoms with Gasteiger partial charge in [-0.1, -0.05) is 6.07 Å². The lowest BCUT2D eigenvalue weighted by Gasteiger charge is -2.27. The number of rotatable bonds is 5. The summed E-state index contributed by atoms with van der Waals surface area (Å²) in [6, 6.07) is 4.18. The van der Waals surface area contributed by atoms with Crippen molar-refractivity contribution in [2.75, 3.05) is 13.6 Å². The summed E-state index contributed by atoms with van der Waals surface area (Å²) in [6.45, 7) is 1.39. The largest absolute Gasteiger partial charge is 0.336 e. The molecule has 18 heavy (non-hydrogen) atoms. The zero-order valence-electron chi connectivity index (χ0n) is 10.8. The van der Waals surface area contributed by atoms with Crippen LogP contribution in [-0.2, 0) is 13.6 Å². The van der Waals surface area contributed by atoms with Gasteiger partial charge < -0.3 is 10.3 Å². The van der Waals surface area contributed by atoms with E-state index in [1.807, 2.05) is 30.1 Å². The molecule has 0 saturated heterocycles. The lowest BCUT2D eigenvalue weighted by molar-refractivity contribution is 0.233. The minimum absolute atomic E-state index is 0.165. The molecule has 0 radical (unpaired) electrons. The van der Waals surface area contributed by atoms with E-state index < -0.39 is 0 Å². The number of pyridine rings is 1. The van der Waals surface area contributed by atoms with E-state index in [0.717, 1.165) is 12.2 Å². The lowest BCUT2D eigenvalue weighted by Crippen LogP contribution is -2.31. The van der Waals surface area contributed by atoms with E-state index in [2.05, 4.69) is 28.0 Å². The molecule has 2 rings (SSSR count). The second kappa shape index (κ2) is 5.75. The Kier molecular flexibility index (Phi) is 4.07. The van der Waals surface area contributed by atoms with E-state index in [-0.39, 0.29) is 6.04 Å². The van der Waals surface area contributed by atoms with Gasteiger partial charge in [-0.15, -0.1) is 0 Å². The maximum absolute atomic E-state index is 5.89. The molecular weight excluding hydrogens is 226 g/mol. The second-order valence-electron chi connectivity index (χ2n) is 4.46. The number of aromatic nitrogens is 3. The third-order valence-corrected chi connectivity index (χ3v) is 3.11. The van der Waals surface area contributed by atoms with Gasteiger partial charge in [-0.3, -0.25) is 9.88 Å². The average Bonchev–Trinajstić information content (AvgIpc) is 2.78. The van der Waals surface area contributed by atoms with Crippen molar-refractivity contribution in [2.24, 2.45) is 12.8 Å². The fourth-order valence-electron chi connectivity index (χ4n) is 2.10. The van der Waals surface area contributed by atoms with Gasteiger partial charge >= 0.3 is 0 Å². The van der Waals surface area contributed by atoms with Crippen molar-refractivity contribution >= 4 is 0 Å². The lowest BCUT2D eigenvalue weighted by atomic mass is 10.1. The minimum Gasteiger partial charge on any atom is -0.336 e. The number of likely N-dealkylation sites (N-methyl/N-ethyl adjacent to an activating group) is 1. The molecule has 2 aromatic heterocycles. The summed E-state index contributed by atoms with van der Waals surface area (Å²) in [4.78, 5) is 10.5. The van der Waals surface area contributed by atoms with Gasteiger partial charge in [0, 0.05) is 38.7 Å². The van der Waals surface area contributed by atoms with Gasteiger partial charge in [-0.25, -0.2) is 4.98 Å². The van der Waals surface area contributed by atoms with Crippen molar-refractivity contribution in [3.8, 4) is 0 Å². The molecule has 0 aromatic carbocycles. The van der Waals surface area contributed by atoms with Gasteiger partial charge in [0.15, 0.2) is 0 Å². The molecule has 2 N–H and O–H groups in total. The Bertz CT molecular complexity index is 479. The second-order valence-corrected chi connectivity index (χ2v) is 4.46. The van der Waals surface area contributed by atoms with Gasteiger partial charge in [-0.2, -0.15) is 0 Å². The highest BCUT2D eigenvalue weighted by Gasteiger charge is 2.18. The van der Waals surface area contributed by atoms with E-state index in [0.29, 0.717) is 6.54 Å². The number of hydrogen-bond donors (Lipinski definition) is 1. The Morgan fingerprint density at radius 3 is 2.78 bits per heavy atom. The molecule has 1 atom stereocenters. The monoisotopic (exact) mass is 245 g/mol. The quantitative estimate of drug-likeness (QED) is 0.852. The SMILES string of the molecule is CN(Cc1cccnc1)C(CN)c1cncn1C. The van der Waals surface area contributed by atoms with Crippen molar-refractivity contribution in [3.05, 3.63) is 48.3 Å². The van der Waals surface area contributed by atoms with Gasteiger partial charge in [-0.05, 0) is 18.7 Å². The first-order chi connectivity index (χ1) is 8.72. The van der Waals surface area contributed by atoms with Crippen LogP contribution in [0.3, 0.4) is 0 Å². The summed E-state index contributed by atoms with van der Waals surface area (Å²) in [5.41, 5.74) is 8.20. The first-order valence-corrected chi connectivity index (χ1v) is 5.97. The summed E-state index contributed by atoms with van der Waals surface area (Å²) in [6.07, 6.45) is 7.34. The number of hydrogen-bond acceptors (Lipinski definition) is 4. The number of aryl methyl sites for hydroxylation is 1. The predicted octanol–water partition coefficient (Wildman–Crippen LogP) is 0.947. The summed E-state index contributed by atoms with van der Waals surface area (Å²) in [5, 5.41) is 0. The normalized spacial score (nSPS) is 12.9. The molecule has 0 fully saturated rings. The topological polar surface area (TPSA) is 60.0 Å². The van der Waals surface area contributed by atoms with Crippen LogP contribution in [0.15, 0.2) is 37.1 Å². The Morgan fingerprint density at radius 1 is 1.39 bits per heavy atom. The third-order valence-electron chi connectivity index (χ3n) is 3.11. The fourth-order valence-corrected chi connectivity index (χ4v) is 2.10. The van der Waals surface area contributed by atoms with Gasteiger partial charge in [0.1, 0.15) is 0 Å². The molecule has 2 heterocycles. The van der Waals surface area contributed by atoms with Crippen LogP contribution in [0.4, 0.5) is 0 Å². The maximum Gasteiger partial charge on any atom is 0.0946 e. The molecule has 5 nitrogen and oxygen atoms in total. The van der Waals surface area contributed by atoms with E-state index in [9.17, 15) is 0 Å². The minimum atomic E-state index is 0.165. The predicted molar refractivity (Wildman–Crippen MR) is 70.7 cm³/mol. The number of nitrogens with zero attached hydrogens (tertiary/aromatic N) is 4. The molecule has 0 spiro atoms. The fraction of sp³-hybridized carbons (Fsp3) is 0.385. The summed E-state index contributed by atoms with van der Waals surface area (Å²) in [7, 11) is 4.06. The molecule has 0 amide bonds. The highest BCUT2D eigenvalue weighted by molar-refractivity contribution is 5.11. The van der Waals surface area contributed by atoms with Gasteiger partial charge in [0.25, 0.3) is 0 Å². The molecule has 0 bridgehead atoms. The summed E-state index contributed by atoms with van der Waals surface area (Å²) < 4.78 is 2.01. The zero-order chi connectivity index (χ0) is 13.0. The Balaban J connectivity index is 2.11. The van der Waals surface area contributed by atoms with Crippen LogP contribution in [-0.4, -0.2) is 33.0 Å². The average molecular weight is 245 g/mol. The smallest absolute Gasteiger partial charge is 0.0946 e. The van der Waals surface area contributed by atoms with E-state index in [1.165, 1.54) is 5.56 Å². The van der Waals surface area contributed by atoms with Gasteiger partial charge in [0.05, 0.1) is 18.1 Å². The molecule has 2 aromatic rings. The molecular formula is C13H19N5. The van der Waals surface area contributed by atoms with Crippen molar-refractivity contribution in [1.29, 1.82) is 0 Å². The Hall–Kier alpha value is -1.72. The van der Waals surface area contributed by atoms with Crippen LogP contribution >= 0.6 is 0 Å². The van der Waals surface area contributed by atoms with Crippen molar-refractivity contribution in [2.45, 2.75) is 12.6 Å². The first-order valence-electron chi connectivity index (χ1n) is 5.97. The molecule has 0 saturated carbocycles. The summed E-state index contributed by atoms with van der Waals surface area (Å²) >= 11 is 0. The van der Waals surface area contributed by atoms with Crippen LogP contribution in [0, 0.1) is 0 Å². The molecule has 1 unspecified atom stereocenters. The van der Waals surface area contributed by atoms with Crippen LogP contribution in [0.2, 0.25) is 0 Å². The number of nitrogens with two attached hydrogens (primary N) is 1. The van der Waals surface area contributed by atoms with E-state index in [4.69, 9.17) is 5.73 Å². The Morgan fingerprint density at radius 2 is 2.22 bits per heavy atom. The highest BCUT2D eigenvalue weighted by Crippen LogP contribution is 2.19. The molecule has 0 aliphatic rings. The number of imidazole rings is 1. The van der Waals surface area contributed by atoms with Crippen molar-refractivity contribution < 1.29 is 0 Å².